The molecule has 3 N–H and O–H groups in total. The number of hydrogen-bond donors (Lipinski definition) is 3. The minimum absolute atomic E-state index is 0.234. The SMILES string of the molecule is CC1C(=Cc2cn[nH]n2)C(C)C(=Cc2cn[nH]n2)C(C)C1=Cc1cn[nH]n1. The van der Waals surface area contributed by atoms with Crippen LogP contribution in [0.2, 0.25) is 0 Å². The van der Waals surface area contributed by atoms with Crippen LogP contribution < -0.4 is 0 Å². The van der Waals surface area contributed by atoms with Gasteiger partial charge >= 0.3 is 0 Å². The van der Waals surface area contributed by atoms with Crippen molar-refractivity contribution >= 4 is 18.2 Å². The summed E-state index contributed by atoms with van der Waals surface area (Å²) in [6, 6.07) is 0. The largest absolute Gasteiger partial charge is 0.197 e. The summed E-state index contributed by atoms with van der Waals surface area (Å²) in [6.07, 6.45) is 11.5. The van der Waals surface area contributed by atoms with Crippen molar-refractivity contribution in [3.05, 3.63) is 52.4 Å². The second-order valence-electron chi connectivity index (χ2n) is 6.78. The highest BCUT2D eigenvalue weighted by Crippen LogP contribution is 2.46. The highest BCUT2D eigenvalue weighted by atomic mass is 15.3. The molecule has 0 aliphatic heterocycles. The van der Waals surface area contributed by atoms with E-state index in [1.165, 1.54) is 16.7 Å². The number of aromatic nitrogens is 9. The normalized spacial score (nSPS) is 22.8. The fourth-order valence-electron chi connectivity index (χ4n) is 3.80. The number of aromatic amines is 3. The first-order valence-electron chi connectivity index (χ1n) is 8.85. The second-order valence-corrected chi connectivity index (χ2v) is 6.78. The third-order valence-corrected chi connectivity index (χ3v) is 5.24. The van der Waals surface area contributed by atoms with Crippen molar-refractivity contribution in [3.8, 4) is 0 Å². The fourth-order valence-corrected chi connectivity index (χ4v) is 3.80. The van der Waals surface area contributed by atoms with Crippen molar-refractivity contribution in [2.24, 2.45) is 17.8 Å². The molecule has 9 heteroatoms. The Morgan fingerprint density at radius 2 is 0.889 bits per heavy atom. The van der Waals surface area contributed by atoms with Gasteiger partial charge in [-0.15, -0.1) is 0 Å². The first-order valence-corrected chi connectivity index (χ1v) is 8.85. The van der Waals surface area contributed by atoms with Crippen molar-refractivity contribution in [2.45, 2.75) is 20.8 Å². The molecule has 1 aliphatic rings. The quantitative estimate of drug-likeness (QED) is 0.656. The van der Waals surface area contributed by atoms with Crippen LogP contribution in [0.5, 0.6) is 0 Å². The minimum atomic E-state index is 0.234. The fraction of sp³-hybridized carbons (Fsp3) is 0.333. The van der Waals surface area contributed by atoms with Gasteiger partial charge in [0.25, 0.3) is 0 Å². The topological polar surface area (TPSA) is 125 Å². The number of nitrogens with one attached hydrogen (secondary N) is 3. The molecule has 3 aromatic rings. The van der Waals surface area contributed by atoms with Crippen LogP contribution in [0.3, 0.4) is 0 Å². The van der Waals surface area contributed by atoms with Gasteiger partial charge in [0.15, 0.2) is 0 Å². The molecule has 0 spiro atoms. The van der Waals surface area contributed by atoms with Gasteiger partial charge in [0.2, 0.25) is 0 Å². The summed E-state index contributed by atoms with van der Waals surface area (Å²) in [5.74, 6) is 0.702. The summed E-state index contributed by atoms with van der Waals surface area (Å²) >= 11 is 0. The molecule has 138 valence electrons. The average molecular weight is 363 g/mol. The van der Waals surface area contributed by atoms with E-state index in [4.69, 9.17) is 0 Å². The molecule has 3 heterocycles. The van der Waals surface area contributed by atoms with Gasteiger partial charge in [0.05, 0.1) is 18.6 Å². The van der Waals surface area contributed by atoms with Gasteiger partial charge in [-0.3, -0.25) is 0 Å². The standard InChI is InChI=1S/C18H21N9/c1-10-16(4-13-7-19-25-22-13)11(2)18(6-15-9-21-27-24-15)12(3)17(10)5-14-8-20-26-23-14/h4-12H,1-3H3,(H,19,22,25)(H,20,23,26)(H,21,24,27). The number of H-pyrrole nitrogens is 3. The van der Waals surface area contributed by atoms with Crippen LogP contribution in [0.25, 0.3) is 18.2 Å². The van der Waals surface area contributed by atoms with Crippen molar-refractivity contribution in [1.29, 1.82) is 0 Å². The Hall–Kier alpha value is -3.36. The van der Waals surface area contributed by atoms with E-state index in [0.717, 1.165) is 17.1 Å². The first kappa shape index (κ1) is 17.1. The molecule has 0 amide bonds. The van der Waals surface area contributed by atoms with Gasteiger partial charge in [-0.25, -0.2) is 0 Å². The summed E-state index contributed by atoms with van der Waals surface area (Å²) in [4.78, 5) is 0. The van der Waals surface area contributed by atoms with Crippen LogP contribution in [0, 0.1) is 17.8 Å². The maximum atomic E-state index is 4.19. The van der Waals surface area contributed by atoms with E-state index >= 15 is 0 Å². The van der Waals surface area contributed by atoms with E-state index in [0.29, 0.717) is 0 Å². The number of rotatable bonds is 3. The van der Waals surface area contributed by atoms with Crippen molar-refractivity contribution in [1.82, 2.24) is 46.2 Å². The molecule has 0 aromatic carbocycles. The zero-order chi connectivity index (χ0) is 18.8. The van der Waals surface area contributed by atoms with E-state index in [1.807, 2.05) is 0 Å². The Morgan fingerprint density at radius 1 is 0.593 bits per heavy atom. The van der Waals surface area contributed by atoms with E-state index < -0.39 is 0 Å². The molecular weight excluding hydrogens is 342 g/mol. The summed E-state index contributed by atoms with van der Waals surface area (Å²) < 4.78 is 0. The molecule has 4 rings (SSSR count). The molecule has 1 aliphatic carbocycles. The van der Waals surface area contributed by atoms with E-state index in [-0.39, 0.29) is 17.8 Å². The van der Waals surface area contributed by atoms with Crippen molar-refractivity contribution < 1.29 is 0 Å². The molecule has 1 fully saturated rings. The summed E-state index contributed by atoms with van der Waals surface area (Å²) in [5.41, 5.74) is 6.27. The molecule has 3 aromatic heterocycles. The molecule has 0 bridgehead atoms. The van der Waals surface area contributed by atoms with Gasteiger partial charge in [-0.05, 0) is 36.0 Å². The molecule has 9 nitrogen and oxygen atoms in total. The van der Waals surface area contributed by atoms with E-state index in [2.05, 4.69) is 85.2 Å². The van der Waals surface area contributed by atoms with Gasteiger partial charge in [-0.1, -0.05) is 37.5 Å². The Morgan fingerprint density at radius 3 is 1.11 bits per heavy atom. The molecule has 1 saturated carbocycles. The lowest BCUT2D eigenvalue weighted by molar-refractivity contribution is 0.522. The van der Waals surface area contributed by atoms with Gasteiger partial charge < -0.3 is 0 Å². The lowest BCUT2D eigenvalue weighted by atomic mass is 9.66. The van der Waals surface area contributed by atoms with Gasteiger partial charge in [-0.2, -0.15) is 46.2 Å². The molecule has 0 saturated heterocycles. The first-order chi connectivity index (χ1) is 13.1. The molecule has 0 atom stereocenters. The minimum Gasteiger partial charge on any atom is -0.197 e. The van der Waals surface area contributed by atoms with Crippen LogP contribution >= 0.6 is 0 Å². The third-order valence-electron chi connectivity index (χ3n) is 5.24. The molecular formula is C18H21N9. The lowest BCUT2D eigenvalue weighted by Crippen LogP contribution is -2.26. The Bertz CT molecular complexity index is 815. The predicted molar refractivity (Wildman–Crippen MR) is 101 cm³/mol. The highest BCUT2D eigenvalue weighted by Gasteiger charge is 2.34. The Kier molecular flexibility index (Phi) is 4.49. The Balaban J connectivity index is 1.82. The van der Waals surface area contributed by atoms with E-state index in [1.54, 1.807) is 18.6 Å². The highest BCUT2D eigenvalue weighted by molar-refractivity contribution is 5.64. The number of allylic oxidation sites excluding steroid dienone is 3. The summed E-state index contributed by atoms with van der Waals surface area (Å²) in [5, 5.41) is 32.4. The Labute approximate surface area is 156 Å². The number of hydrogen-bond acceptors (Lipinski definition) is 6. The second kappa shape index (κ2) is 7.10. The summed E-state index contributed by atoms with van der Waals surface area (Å²) in [6.45, 7) is 6.66. The summed E-state index contributed by atoms with van der Waals surface area (Å²) in [7, 11) is 0. The van der Waals surface area contributed by atoms with Crippen LogP contribution in [-0.4, -0.2) is 46.2 Å². The monoisotopic (exact) mass is 363 g/mol. The predicted octanol–water partition coefficient (Wildman–Crippen LogP) is 2.51. The third kappa shape index (κ3) is 3.35. The maximum Gasteiger partial charge on any atom is 0.105 e. The van der Waals surface area contributed by atoms with Crippen LogP contribution in [0.4, 0.5) is 0 Å². The zero-order valence-electron chi connectivity index (χ0n) is 15.4. The smallest absolute Gasteiger partial charge is 0.105 e. The van der Waals surface area contributed by atoms with Crippen LogP contribution in [0.1, 0.15) is 37.9 Å². The van der Waals surface area contributed by atoms with E-state index in [9.17, 15) is 0 Å². The molecule has 0 unspecified atom stereocenters. The average Bonchev–Trinajstić information content (AvgIpc) is 3.43. The maximum absolute atomic E-state index is 4.19. The molecule has 27 heavy (non-hydrogen) atoms. The van der Waals surface area contributed by atoms with Crippen molar-refractivity contribution in [2.75, 3.05) is 0 Å². The zero-order valence-corrected chi connectivity index (χ0v) is 15.4. The van der Waals surface area contributed by atoms with Gasteiger partial charge in [0.1, 0.15) is 17.1 Å². The molecule has 0 radical (unpaired) electrons. The van der Waals surface area contributed by atoms with Crippen LogP contribution in [-0.2, 0) is 0 Å². The lowest BCUT2D eigenvalue weighted by Gasteiger charge is -2.38. The van der Waals surface area contributed by atoms with Crippen LogP contribution in [0.15, 0.2) is 35.3 Å². The van der Waals surface area contributed by atoms with Crippen molar-refractivity contribution in [3.63, 3.8) is 0 Å². The number of nitrogens with zero attached hydrogens (tertiary/aromatic N) is 6. The van der Waals surface area contributed by atoms with Gasteiger partial charge in [0, 0.05) is 0 Å².